The van der Waals surface area contributed by atoms with E-state index in [1.807, 2.05) is 0 Å². The van der Waals surface area contributed by atoms with Crippen LogP contribution in [0, 0.1) is 5.41 Å². The van der Waals surface area contributed by atoms with Crippen molar-refractivity contribution in [2.24, 2.45) is 11.1 Å². The number of ether oxygens (including phenoxy) is 1. The fourth-order valence-electron chi connectivity index (χ4n) is 2.69. The van der Waals surface area contributed by atoms with E-state index in [9.17, 15) is 14.4 Å². The first-order chi connectivity index (χ1) is 9.95. The minimum Gasteiger partial charge on any atom is -0.480 e. The van der Waals surface area contributed by atoms with Crippen molar-refractivity contribution in [3.63, 3.8) is 0 Å². The van der Waals surface area contributed by atoms with Gasteiger partial charge in [0, 0.05) is 13.0 Å². The summed E-state index contributed by atoms with van der Waals surface area (Å²) in [7, 11) is 1.24. The number of carboxylic acid groups (broad SMARTS) is 1. The molecule has 0 heterocycles. The molecule has 0 aromatic heterocycles. The van der Waals surface area contributed by atoms with Gasteiger partial charge < -0.3 is 20.9 Å². The van der Waals surface area contributed by atoms with E-state index < -0.39 is 23.4 Å². The van der Waals surface area contributed by atoms with Gasteiger partial charge in [-0.2, -0.15) is 0 Å². The molecule has 1 rings (SSSR count). The molecule has 1 unspecified atom stereocenters. The van der Waals surface area contributed by atoms with Gasteiger partial charge in [-0.3, -0.25) is 9.59 Å². The zero-order chi connectivity index (χ0) is 15.9. The predicted octanol–water partition coefficient (Wildman–Crippen LogP) is 0.418. The van der Waals surface area contributed by atoms with Crippen LogP contribution in [0.2, 0.25) is 0 Å². The Morgan fingerprint density at radius 2 is 1.90 bits per heavy atom. The van der Waals surface area contributed by atoms with Crippen molar-refractivity contribution in [3.8, 4) is 0 Å². The van der Waals surface area contributed by atoms with Crippen LogP contribution in [0.25, 0.3) is 0 Å². The van der Waals surface area contributed by atoms with E-state index in [1.54, 1.807) is 0 Å². The van der Waals surface area contributed by atoms with Crippen molar-refractivity contribution in [2.45, 2.75) is 51.0 Å². The maximum Gasteiger partial charge on any atom is 0.326 e. The number of carbonyl (C=O) groups excluding carboxylic acids is 2. The third-order valence-electron chi connectivity index (χ3n) is 4.15. The maximum atomic E-state index is 12.4. The topological polar surface area (TPSA) is 119 Å². The van der Waals surface area contributed by atoms with Gasteiger partial charge in [0.25, 0.3) is 0 Å². The first-order valence-electron chi connectivity index (χ1n) is 7.26. The summed E-state index contributed by atoms with van der Waals surface area (Å²) in [6.07, 6.45) is 4.23. The monoisotopic (exact) mass is 300 g/mol. The number of carboxylic acids is 1. The molecule has 1 aliphatic rings. The van der Waals surface area contributed by atoms with E-state index in [4.69, 9.17) is 10.8 Å². The number of aliphatic carboxylic acids is 1. The van der Waals surface area contributed by atoms with E-state index in [0.717, 1.165) is 19.3 Å². The van der Waals surface area contributed by atoms with Crippen LogP contribution in [-0.2, 0) is 19.1 Å². The number of hydrogen-bond acceptors (Lipinski definition) is 5. The van der Waals surface area contributed by atoms with Gasteiger partial charge in [-0.25, -0.2) is 4.79 Å². The number of rotatable bonds is 7. The van der Waals surface area contributed by atoms with Crippen LogP contribution in [0.3, 0.4) is 0 Å². The summed E-state index contributed by atoms with van der Waals surface area (Å²) in [4.78, 5) is 34.7. The van der Waals surface area contributed by atoms with Crippen molar-refractivity contribution in [3.05, 3.63) is 0 Å². The van der Waals surface area contributed by atoms with Gasteiger partial charge in [-0.15, -0.1) is 0 Å². The second-order valence-corrected chi connectivity index (χ2v) is 5.52. The van der Waals surface area contributed by atoms with Crippen molar-refractivity contribution in [1.29, 1.82) is 0 Å². The quantitative estimate of drug-likeness (QED) is 0.586. The van der Waals surface area contributed by atoms with Crippen LogP contribution in [-0.4, -0.2) is 42.6 Å². The van der Waals surface area contributed by atoms with Crippen LogP contribution in [0.15, 0.2) is 0 Å². The molecule has 4 N–H and O–H groups in total. The van der Waals surface area contributed by atoms with Gasteiger partial charge in [0.1, 0.15) is 6.04 Å². The second kappa shape index (κ2) is 7.97. The molecule has 120 valence electrons. The Morgan fingerprint density at radius 3 is 2.38 bits per heavy atom. The Bertz CT molecular complexity index is 391. The van der Waals surface area contributed by atoms with E-state index >= 15 is 0 Å². The van der Waals surface area contributed by atoms with Crippen molar-refractivity contribution in [1.82, 2.24) is 5.32 Å². The summed E-state index contributed by atoms with van der Waals surface area (Å²) in [6.45, 7) is 0.210. The summed E-state index contributed by atoms with van der Waals surface area (Å²) in [6, 6.07) is -1.10. The van der Waals surface area contributed by atoms with Crippen molar-refractivity contribution >= 4 is 17.8 Å². The molecule has 1 saturated carbocycles. The standard InChI is InChI=1S/C14H24N2O5/c1-21-11(17)6-5-10(12(18)19)16-13(20)14(9-15)7-3-2-4-8-14/h10H,2-9,15H2,1H3,(H,16,20)(H,18,19). The maximum absolute atomic E-state index is 12.4. The fourth-order valence-corrected chi connectivity index (χ4v) is 2.69. The first-order valence-corrected chi connectivity index (χ1v) is 7.26. The number of nitrogens with one attached hydrogen (secondary N) is 1. The van der Waals surface area contributed by atoms with Crippen LogP contribution in [0.1, 0.15) is 44.9 Å². The van der Waals surface area contributed by atoms with Crippen LogP contribution < -0.4 is 11.1 Å². The van der Waals surface area contributed by atoms with Gasteiger partial charge in [-0.05, 0) is 19.3 Å². The molecule has 0 aliphatic heterocycles. The predicted molar refractivity (Wildman–Crippen MR) is 75.4 cm³/mol. The number of carbonyl (C=O) groups is 3. The lowest BCUT2D eigenvalue weighted by Gasteiger charge is -2.35. The Hall–Kier alpha value is -1.63. The molecule has 0 radical (unpaired) electrons. The minimum atomic E-state index is -1.16. The first kappa shape index (κ1) is 17.4. The summed E-state index contributed by atoms with van der Waals surface area (Å²) in [5, 5.41) is 11.7. The molecule has 1 amide bonds. The Kier molecular flexibility index (Phi) is 6.61. The van der Waals surface area contributed by atoms with Gasteiger partial charge in [0.2, 0.25) is 5.91 Å². The van der Waals surface area contributed by atoms with Crippen molar-refractivity contribution < 1.29 is 24.2 Å². The third kappa shape index (κ3) is 4.70. The lowest BCUT2D eigenvalue weighted by Crippen LogP contribution is -2.52. The molecule has 0 bridgehead atoms. The normalized spacial score (nSPS) is 18.6. The number of amides is 1. The van der Waals surface area contributed by atoms with E-state index in [-0.39, 0.29) is 25.3 Å². The minimum absolute atomic E-state index is 0.00833. The highest BCUT2D eigenvalue weighted by molar-refractivity contribution is 5.88. The highest BCUT2D eigenvalue weighted by Gasteiger charge is 2.39. The molecular formula is C14H24N2O5. The fraction of sp³-hybridized carbons (Fsp3) is 0.786. The lowest BCUT2D eigenvalue weighted by molar-refractivity contribution is -0.146. The summed E-state index contributed by atoms with van der Waals surface area (Å²) in [5.74, 6) is -1.97. The molecule has 0 aromatic rings. The summed E-state index contributed by atoms with van der Waals surface area (Å²) >= 11 is 0. The average molecular weight is 300 g/mol. The molecule has 0 aromatic carbocycles. The van der Waals surface area contributed by atoms with E-state index in [1.165, 1.54) is 7.11 Å². The number of nitrogens with two attached hydrogens (primary N) is 1. The Labute approximate surface area is 124 Å². The highest BCUT2D eigenvalue weighted by Crippen LogP contribution is 2.35. The number of methoxy groups -OCH3 is 1. The molecule has 1 fully saturated rings. The third-order valence-corrected chi connectivity index (χ3v) is 4.15. The highest BCUT2D eigenvalue weighted by atomic mass is 16.5. The zero-order valence-corrected chi connectivity index (χ0v) is 12.4. The lowest BCUT2D eigenvalue weighted by atomic mass is 9.73. The molecule has 7 heteroatoms. The smallest absolute Gasteiger partial charge is 0.326 e. The van der Waals surface area contributed by atoms with Crippen LogP contribution in [0.4, 0.5) is 0 Å². The van der Waals surface area contributed by atoms with Crippen LogP contribution >= 0.6 is 0 Å². The van der Waals surface area contributed by atoms with E-state index in [0.29, 0.717) is 12.8 Å². The molecule has 1 atom stereocenters. The largest absolute Gasteiger partial charge is 0.480 e. The van der Waals surface area contributed by atoms with Crippen molar-refractivity contribution in [2.75, 3.05) is 13.7 Å². The van der Waals surface area contributed by atoms with Gasteiger partial charge >= 0.3 is 11.9 Å². The number of hydrogen-bond donors (Lipinski definition) is 3. The van der Waals surface area contributed by atoms with Gasteiger partial charge in [0.05, 0.1) is 12.5 Å². The van der Waals surface area contributed by atoms with Gasteiger partial charge in [0.15, 0.2) is 0 Å². The molecule has 21 heavy (non-hydrogen) atoms. The summed E-state index contributed by atoms with van der Waals surface area (Å²) in [5.41, 5.74) is 5.08. The Balaban J connectivity index is 2.66. The zero-order valence-electron chi connectivity index (χ0n) is 12.4. The van der Waals surface area contributed by atoms with E-state index in [2.05, 4.69) is 10.1 Å². The molecule has 0 saturated heterocycles. The molecule has 0 spiro atoms. The van der Waals surface area contributed by atoms with Crippen LogP contribution in [0.5, 0.6) is 0 Å². The van der Waals surface area contributed by atoms with Gasteiger partial charge in [-0.1, -0.05) is 19.3 Å². The molecule has 1 aliphatic carbocycles. The summed E-state index contributed by atoms with van der Waals surface area (Å²) < 4.78 is 4.48. The second-order valence-electron chi connectivity index (χ2n) is 5.52. The number of esters is 1. The average Bonchev–Trinajstić information content (AvgIpc) is 2.50. The molecular weight excluding hydrogens is 276 g/mol. The Morgan fingerprint density at radius 1 is 1.29 bits per heavy atom. The SMILES string of the molecule is COC(=O)CCC(NC(=O)C1(CN)CCCCC1)C(=O)O. The molecule has 7 nitrogen and oxygen atoms in total.